The first-order valence-electron chi connectivity index (χ1n) is 7.26. The number of hydrogen-bond donors (Lipinski definition) is 2. The van der Waals surface area contributed by atoms with Gasteiger partial charge in [0.05, 0.1) is 12.1 Å². The minimum atomic E-state index is -0.399. The summed E-state index contributed by atoms with van der Waals surface area (Å²) in [6.45, 7) is 8.14. The highest BCUT2D eigenvalue weighted by Gasteiger charge is 2.28. The molecule has 2 rings (SSSR count). The van der Waals surface area contributed by atoms with Crippen molar-refractivity contribution in [1.29, 1.82) is 0 Å². The molecular weight excluding hydrogens is 288 g/mol. The first-order chi connectivity index (χ1) is 9.53. The van der Waals surface area contributed by atoms with Gasteiger partial charge >= 0.3 is 0 Å². The van der Waals surface area contributed by atoms with Crippen LogP contribution in [0.5, 0.6) is 0 Å². The van der Waals surface area contributed by atoms with E-state index < -0.39 is 11.6 Å². The van der Waals surface area contributed by atoms with E-state index in [2.05, 4.69) is 41.8 Å². The topological polar surface area (TPSA) is 50.4 Å². The largest absolute Gasteiger partial charge is 0.366 e. The van der Waals surface area contributed by atoms with Gasteiger partial charge in [0.1, 0.15) is 6.10 Å². The summed E-state index contributed by atoms with van der Waals surface area (Å²) in [5.41, 5.74) is 2.01. The third-order valence-corrected chi connectivity index (χ3v) is 3.74. The molecule has 1 unspecified atom stereocenters. The van der Waals surface area contributed by atoms with E-state index in [9.17, 15) is 4.79 Å². The predicted octanol–water partition coefficient (Wildman–Crippen LogP) is 2.01. The van der Waals surface area contributed by atoms with Crippen molar-refractivity contribution in [2.45, 2.75) is 38.8 Å². The Hall–Kier alpha value is -1.10. The number of aryl methyl sites for hydroxylation is 1. The quantitative estimate of drug-likeness (QED) is 0.894. The number of hydrogen-bond acceptors (Lipinski definition) is 3. The first kappa shape index (κ1) is 18.0. The second-order valence-corrected chi connectivity index (χ2v) is 5.73. The second-order valence-electron chi connectivity index (χ2n) is 5.73. The number of amides is 1. The molecule has 1 heterocycles. The zero-order valence-corrected chi connectivity index (χ0v) is 13.8. The molecule has 0 saturated carbocycles. The second kappa shape index (κ2) is 7.78. The summed E-state index contributed by atoms with van der Waals surface area (Å²) in [6.07, 6.45) is 0.632. The summed E-state index contributed by atoms with van der Waals surface area (Å²) in [6, 6.07) is 8.39. The fourth-order valence-corrected chi connectivity index (χ4v) is 2.35. The number of halogens is 1. The Kier molecular flexibility index (Phi) is 6.65. The Balaban J connectivity index is 0.00000220. The van der Waals surface area contributed by atoms with Gasteiger partial charge in [-0.05, 0) is 31.4 Å². The molecular formula is C16H25ClN2O2. The van der Waals surface area contributed by atoms with Crippen molar-refractivity contribution >= 4 is 18.3 Å². The van der Waals surface area contributed by atoms with E-state index in [4.69, 9.17) is 4.74 Å². The zero-order valence-electron chi connectivity index (χ0n) is 12.9. The lowest BCUT2D eigenvalue weighted by Crippen LogP contribution is -2.52. The lowest BCUT2D eigenvalue weighted by Gasteiger charge is -2.31. The molecule has 1 aromatic carbocycles. The summed E-state index contributed by atoms with van der Waals surface area (Å²) in [4.78, 5) is 12.2. The molecule has 0 bridgehead atoms. The van der Waals surface area contributed by atoms with Gasteiger partial charge in [-0.25, -0.2) is 0 Å². The molecule has 1 atom stereocenters. The zero-order chi connectivity index (χ0) is 14.6. The fourth-order valence-electron chi connectivity index (χ4n) is 2.35. The van der Waals surface area contributed by atoms with E-state index in [0.29, 0.717) is 13.2 Å². The predicted molar refractivity (Wildman–Crippen MR) is 86.8 cm³/mol. The fraction of sp³-hybridized carbons (Fsp3) is 0.562. The molecule has 0 aliphatic carbocycles. The Morgan fingerprint density at radius 1 is 1.38 bits per heavy atom. The van der Waals surface area contributed by atoms with Gasteiger partial charge in [0, 0.05) is 13.1 Å². The third-order valence-electron chi connectivity index (χ3n) is 3.74. The third kappa shape index (κ3) is 4.70. The van der Waals surface area contributed by atoms with Crippen LogP contribution < -0.4 is 10.6 Å². The van der Waals surface area contributed by atoms with Gasteiger partial charge < -0.3 is 15.4 Å². The Labute approximate surface area is 133 Å². The van der Waals surface area contributed by atoms with Crippen LogP contribution in [0.2, 0.25) is 0 Å². The van der Waals surface area contributed by atoms with Gasteiger partial charge in [0.15, 0.2) is 0 Å². The first-order valence-corrected chi connectivity index (χ1v) is 7.26. The molecule has 1 aliphatic rings. The molecule has 5 heteroatoms. The molecule has 0 radical (unpaired) electrons. The highest BCUT2D eigenvalue weighted by atomic mass is 35.5. The molecule has 21 heavy (non-hydrogen) atoms. The van der Waals surface area contributed by atoms with Gasteiger partial charge in [0.25, 0.3) is 5.91 Å². The van der Waals surface area contributed by atoms with Crippen molar-refractivity contribution in [2.75, 3.05) is 19.7 Å². The van der Waals surface area contributed by atoms with Gasteiger partial charge in [0.2, 0.25) is 0 Å². The minimum Gasteiger partial charge on any atom is -0.366 e. The maximum absolute atomic E-state index is 12.2. The number of benzene rings is 1. The van der Waals surface area contributed by atoms with Gasteiger partial charge in [-0.15, -0.1) is 12.4 Å². The number of carbonyl (C=O) groups is 1. The van der Waals surface area contributed by atoms with Crippen molar-refractivity contribution in [3.63, 3.8) is 0 Å². The van der Waals surface area contributed by atoms with Crippen LogP contribution in [-0.4, -0.2) is 31.7 Å². The van der Waals surface area contributed by atoms with Crippen LogP contribution in [0.25, 0.3) is 0 Å². The molecule has 1 aromatic rings. The standard InChI is InChI=1S/C16H24N2O2.ClH/c1-4-12-5-7-13(8-6-12)16(2,3)18-15(19)14-11-17-9-10-20-14;/h5-8,14,17H,4,9-11H2,1-3H3,(H,18,19);1H. The van der Waals surface area contributed by atoms with Crippen molar-refractivity contribution in [3.8, 4) is 0 Å². The summed E-state index contributed by atoms with van der Waals surface area (Å²) in [5.74, 6) is -0.0539. The summed E-state index contributed by atoms with van der Waals surface area (Å²) >= 11 is 0. The summed E-state index contributed by atoms with van der Waals surface area (Å²) in [5, 5.41) is 6.25. The molecule has 1 fully saturated rings. The SMILES string of the molecule is CCc1ccc(C(C)(C)NC(=O)C2CNCCO2)cc1.Cl. The lowest BCUT2D eigenvalue weighted by molar-refractivity contribution is -0.136. The van der Waals surface area contributed by atoms with Crippen LogP contribution in [0.1, 0.15) is 31.9 Å². The molecule has 1 saturated heterocycles. The van der Waals surface area contributed by atoms with E-state index in [-0.39, 0.29) is 18.3 Å². The normalized spacial score (nSPS) is 18.7. The van der Waals surface area contributed by atoms with E-state index >= 15 is 0 Å². The number of morpholine rings is 1. The number of carbonyl (C=O) groups excluding carboxylic acids is 1. The van der Waals surface area contributed by atoms with E-state index in [1.54, 1.807) is 0 Å². The lowest BCUT2D eigenvalue weighted by atomic mass is 9.92. The average Bonchev–Trinajstić information content (AvgIpc) is 2.48. The van der Waals surface area contributed by atoms with Crippen molar-refractivity contribution < 1.29 is 9.53 Å². The van der Waals surface area contributed by atoms with Gasteiger partial charge in [-0.1, -0.05) is 31.2 Å². The van der Waals surface area contributed by atoms with Gasteiger partial charge in [-0.3, -0.25) is 4.79 Å². The Bertz CT molecular complexity index is 454. The minimum absolute atomic E-state index is 0. The molecule has 0 spiro atoms. The number of ether oxygens (including phenoxy) is 1. The van der Waals surface area contributed by atoms with E-state index in [1.807, 2.05) is 13.8 Å². The summed E-state index contributed by atoms with van der Waals surface area (Å²) in [7, 11) is 0. The monoisotopic (exact) mass is 312 g/mol. The molecule has 0 aromatic heterocycles. The highest BCUT2D eigenvalue weighted by Crippen LogP contribution is 2.21. The van der Waals surface area contributed by atoms with Crippen LogP contribution in [-0.2, 0) is 21.5 Å². The Morgan fingerprint density at radius 3 is 2.57 bits per heavy atom. The number of rotatable bonds is 4. The maximum atomic E-state index is 12.2. The smallest absolute Gasteiger partial charge is 0.251 e. The van der Waals surface area contributed by atoms with Crippen LogP contribution in [0, 0.1) is 0 Å². The van der Waals surface area contributed by atoms with Crippen molar-refractivity contribution in [2.24, 2.45) is 0 Å². The summed E-state index contributed by atoms with van der Waals surface area (Å²) < 4.78 is 5.48. The number of nitrogens with one attached hydrogen (secondary N) is 2. The molecule has 1 aliphatic heterocycles. The average molecular weight is 313 g/mol. The highest BCUT2D eigenvalue weighted by molar-refractivity contribution is 5.85. The van der Waals surface area contributed by atoms with Crippen LogP contribution in [0.4, 0.5) is 0 Å². The maximum Gasteiger partial charge on any atom is 0.251 e. The molecule has 1 amide bonds. The molecule has 4 nitrogen and oxygen atoms in total. The molecule has 2 N–H and O–H groups in total. The Morgan fingerprint density at radius 2 is 2.05 bits per heavy atom. The van der Waals surface area contributed by atoms with E-state index in [1.165, 1.54) is 5.56 Å². The van der Waals surface area contributed by atoms with Crippen LogP contribution >= 0.6 is 12.4 Å². The van der Waals surface area contributed by atoms with Crippen LogP contribution in [0.15, 0.2) is 24.3 Å². The molecule has 118 valence electrons. The van der Waals surface area contributed by atoms with E-state index in [0.717, 1.165) is 18.5 Å². The van der Waals surface area contributed by atoms with Gasteiger partial charge in [-0.2, -0.15) is 0 Å². The van der Waals surface area contributed by atoms with Crippen molar-refractivity contribution in [3.05, 3.63) is 35.4 Å². The van der Waals surface area contributed by atoms with Crippen molar-refractivity contribution in [1.82, 2.24) is 10.6 Å². The van der Waals surface area contributed by atoms with Crippen LogP contribution in [0.3, 0.4) is 0 Å².